The number of hydrogen-bond donors (Lipinski definition) is 1. The van der Waals surface area contributed by atoms with Crippen molar-refractivity contribution in [1.29, 1.82) is 0 Å². The molecule has 2 unspecified atom stereocenters. The predicted octanol–water partition coefficient (Wildman–Crippen LogP) is 3.42. The fourth-order valence-corrected chi connectivity index (χ4v) is 2.63. The lowest BCUT2D eigenvalue weighted by molar-refractivity contribution is 0.0209. The van der Waals surface area contributed by atoms with Crippen LogP contribution in [-0.4, -0.2) is 30.2 Å². The number of methoxy groups -OCH3 is 1. The van der Waals surface area contributed by atoms with Crippen LogP contribution in [0.1, 0.15) is 38.2 Å². The van der Waals surface area contributed by atoms with E-state index in [9.17, 15) is 0 Å². The molecule has 1 N–H and O–H groups in total. The Morgan fingerprint density at radius 2 is 1.95 bits per heavy atom. The van der Waals surface area contributed by atoms with E-state index in [2.05, 4.69) is 5.16 Å². The van der Waals surface area contributed by atoms with Crippen LogP contribution in [0.15, 0.2) is 29.4 Å². The average Bonchev–Trinajstić information content (AvgIpc) is 2.49. The molecule has 1 aromatic carbocycles. The molecule has 1 aliphatic rings. The highest BCUT2D eigenvalue weighted by Crippen LogP contribution is 2.25. The van der Waals surface area contributed by atoms with E-state index in [1.54, 1.807) is 14.0 Å². The number of benzene rings is 1. The van der Waals surface area contributed by atoms with Gasteiger partial charge in [-0.25, -0.2) is 0 Å². The average molecular weight is 277 g/mol. The van der Waals surface area contributed by atoms with Gasteiger partial charge in [-0.05, 0) is 43.9 Å². The van der Waals surface area contributed by atoms with Gasteiger partial charge in [-0.3, -0.25) is 0 Å². The van der Waals surface area contributed by atoms with Gasteiger partial charge in [-0.1, -0.05) is 17.3 Å². The summed E-state index contributed by atoms with van der Waals surface area (Å²) in [7, 11) is 1.77. The molecular weight excluding hydrogens is 254 g/mol. The summed E-state index contributed by atoms with van der Waals surface area (Å²) in [5.74, 6) is 0.897. The lowest BCUT2D eigenvalue weighted by Crippen LogP contribution is -2.29. The van der Waals surface area contributed by atoms with Gasteiger partial charge in [0.25, 0.3) is 0 Å². The molecule has 1 fully saturated rings. The molecule has 0 heterocycles. The molecule has 0 aromatic heterocycles. The monoisotopic (exact) mass is 277 g/mol. The molecule has 1 aliphatic carbocycles. The van der Waals surface area contributed by atoms with Gasteiger partial charge in [0.1, 0.15) is 11.9 Å². The van der Waals surface area contributed by atoms with E-state index in [0.29, 0.717) is 18.2 Å². The summed E-state index contributed by atoms with van der Waals surface area (Å²) in [6.07, 6.45) is 5.60. The summed E-state index contributed by atoms with van der Waals surface area (Å²) >= 11 is 0. The third-order valence-corrected chi connectivity index (χ3v) is 3.77. The third kappa shape index (κ3) is 4.23. The minimum absolute atomic E-state index is 0.250. The Morgan fingerprint density at radius 1 is 1.25 bits per heavy atom. The predicted molar refractivity (Wildman–Crippen MR) is 78.7 cm³/mol. The Hall–Kier alpha value is -1.55. The van der Waals surface area contributed by atoms with E-state index in [0.717, 1.165) is 37.0 Å². The first-order valence-corrected chi connectivity index (χ1v) is 7.17. The molecule has 1 saturated carbocycles. The van der Waals surface area contributed by atoms with Crippen molar-refractivity contribution < 1.29 is 14.7 Å². The molecule has 4 nitrogen and oxygen atoms in total. The van der Waals surface area contributed by atoms with E-state index in [1.165, 1.54) is 0 Å². The summed E-state index contributed by atoms with van der Waals surface area (Å²) in [6, 6.07) is 7.99. The van der Waals surface area contributed by atoms with E-state index in [-0.39, 0.29) is 6.10 Å². The molecule has 2 atom stereocenters. The zero-order chi connectivity index (χ0) is 14.4. The van der Waals surface area contributed by atoms with Gasteiger partial charge < -0.3 is 14.7 Å². The van der Waals surface area contributed by atoms with E-state index in [1.807, 2.05) is 24.3 Å². The van der Waals surface area contributed by atoms with Gasteiger partial charge in [0, 0.05) is 20.0 Å². The maximum Gasteiger partial charge on any atom is 0.119 e. The molecule has 0 aliphatic heterocycles. The van der Waals surface area contributed by atoms with Crippen molar-refractivity contribution in [3.63, 3.8) is 0 Å². The molecule has 0 radical (unpaired) electrons. The van der Waals surface area contributed by atoms with Crippen LogP contribution in [0.25, 0.3) is 0 Å². The third-order valence-electron chi connectivity index (χ3n) is 3.77. The van der Waals surface area contributed by atoms with Crippen LogP contribution in [0.2, 0.25) is 0 Å². The molecule has 4 heteroatoms. The number of nitrogens with zero attached hydrogens (tertiary/aromatic N) is 1. The fourth-order valence-electron chi connectivity index (χ4n) is 2.63. The highest BCUT2D eigenvalue weighted by Gasteiger charge is 2.22. The van der Waals surface area contributed by atoms with Crippen LogP contribution in [0.4, 0.5) is 0 Å². The normalized spacial score (nSPS) is 23.6. The second kappa shape index (κ2) is 7.29. The first-order chi connectivity index (χ1) is 9.71. The van der Waals surface area contributed by atoms with Gasteiger partial charge in [-0.2, -0.15) is 0 Å². The van der Waals surface area contributed by atoms with Crippen LogP contribution in [0.5, 0.6) is 5.75 Å². The maximum absolute atomic E-state index is 8.67. The lowest BCUT2D eigenvalue weighted by atomic mass is 9.95. The van der Waals surface area contributed by atoms with Gasteiger partial charge in [0.15, 0.2) is 0 Å². The van der Waals surface area contributed by atoms with E-state index >= 15 is 0 Å². The molecule has 110 valence electrons. The lowest BCUT2D eigenvalue weighted by Gasteiger charge is -2.28. The number of rotatable bonds is 5. The van der Waals surface area contributed by atoms with Crippen molar-refractivity contribution >= 4 is 5.71 Å². The molecule has 0 spiro atoms. The second-order valence-electron chi connectivity index (χ2n) is 5.42. The van der Waals surface area contributed by atoms with Crippen molar-refractivity contribution in [2.75, 3.05) is 7.11 Å². The molecule has 1 aromatic rings. The summed E-state index contributed by atoms with van der Waals surface area (Å²) in [5, 5.41) is 11.9. The van der Waals surface area contributed by atoms with Crippen LogP contribution in [-0.2, 0) is 11.2 Å². The van der Waals surface area contributed by atoms with E-state index < -0.39 is 0 Å². The zero-order valence-corrected chi connectivity index (χ0v) is 12.2. The van der Waals surface area contributed by atoms with Crippen molar-refractivity contribution in [2.24, 2.45) is 5.16 Å². The topological polar surface area (TPSA) is 51.0 Å². The molecule has 0 saturated heterocycles. The standard InChI is InChI=1S/C16H23NO3/c1-12(17-18)10-13-6-8-14(9-7-13)20-16-5-3-4-15(11-16)19-2/h6-9,15-16,18H,3-5,10-11H2,1-2H3/b17-12+. The Balaban J connectivity index is 1.90. The van der Waals surface area contributed by atoms with Gasteiger partial charge in [-0.15, -0.1) is 0 Å². The van der Waals surface area contributed by atoms with Crippen molar-refractivity contribution in [1.82, 2.24) is 0 Å². The fraction of sp³-hybridized carbons (Fsp3) is 0.562. The number of oxime groups is 1. The Labute approximate surface area is 120 Å². The Kier molecular flexibility index (Phi) is 5.41. The van der Waals surface area contributed by atoms with Crippen molar-refractivity contribution in [3.8, 4) is 5.75 Å². The smallest absolute Gasteiger partial charge is 0.119 e. The molecule has 20 heavy (non-hydrogen) atoms. The summed E-state index contributed by atoms with van der Waals surface area (Å²) in [4.78, 5) is 0. The van der Waals surface area contributed by atoms with Crippen LogP contribution in [0.3, 0.4) is 0 Å². The van der Waals surface area contributed by atoms with Gasteiger partial charge >= 0.3 is 0 Å². The second-order valence-corrected chi connectivity index (χ2v) is 5.42. The minimum atomic E-state index is 0.250. The largest absolute Gasteiger partial charge is 0.490 e. The molecular formula is C16H23NO3. The number of ether oxygens (including phenoxy) is 2. The van der Waals surface area contributed by atoms with Crippen LogP contribution < -0.4 is 4.74 Å². The van der Waals surface area contributed by atoms with Gasteiger partial charge in [0.2, 0.25) is 0 Å². The number of hydrogen-bond acceptors (Lipinski definition) is 4. The SMILES string of the molecule is COC1CCCC(Oc2ccc(C/C(C)=N/O)cc2)C1. The minimum Gasteiger partial charge on any atom is -0.490 e. The molecule has 0 amide bonds. The Morgan fingerprint density at radius 3 is 2.60 bits per heavy atom. The Bertz CT molecular complexity index is 442. The summed E-state index contributed by atoms with van der Waals surface area (Å²) in [6.45, 7) is 1.80. The highest BCUT2D eigenvalue weighted by atomic mass is 16.5. The highest BCUT2D eigenvalue weighted by molar-refractivity contribution is 5.83. The zero-order valence-electron chi connectivity index (χ0n) is 12.2. The summed E-state index contributed by atoms with van der Waals surface area (Å²) < 4.78 is 11.4. The maximum atomic E-state index is 8.67. The van der Waals surface area contributed by atoms with Gasteiger partial charge in [0.05, 0.1) is 11.8 Å². The van der Waals surface area contributed by atoms with Crippen molar-refractivity contribution in [3.05, 3.63) is 29.8 Å². The molecule has 0 bridgehead atoms. The van der Waals surface area contributed by atoms with Crippen LogP contribution in [0, 0.1) is 0 Å². The first kappa shape index (κ1) is 14.9. The summed E-state index contributed by atoms with van der Waals surface area (Å²) in [5.41, 5.74) is 1.82. The first-order valence-electron chi connectivity index (χ1n) is 7.17. The molecule has 2 rings (SSSR count). The van der Waals surface area contributed by atoms with Crippen molar-refractivity contribution in [2.45, 2.75) is 51.2 Å². The van der Waals surface area contributed by atoms with E-state index in [4.69, 9.17) is 14.7 Å². The quantitative estimate of drug-likeness (QED) is 0.510. The van der Waals surface area contributed by atoms with Crippen LogP contribution >= 0.6 is 0 Å².